The van der Waals surface area contributed by atoms with Crippen LogP contribution in [0.1, 0.15) is 29.4 Å². The van der Waals surface area contributed by atoms with Gasteiger partial charge in [0, 0.05) is 13.1 Å². The number of nitrogens with one attached hydrogen (secondary N) is 1. The third-order valence-electron chi connectivity index (χ3n) is 3.62. The van der Waals surface area contributed by atoms with Gasteiger partial charge in [0.15, 0.2) is 11.6 Å². The summed E-state index contributed by atoms with van der Waals surface area (Å²) in [5.41, 5.74) is 2.06. The fraction of sp³-hybridized carbons (Fsp3) is 0.235. The lowest BCUT2D eigenvalue weighted by atomic mass is 10.2. The van der Waals surface area contributed by atoms with Crippen LogP contribution in [-0.2, 0) is 6.54 Å². The van der Waals surface area contributed by atoms with E-state index in [2.05, 4.69) is 5.32 Å². The molecule has 0 aliphatic carbocycles. The molecule has 0 spiro atoms. The third kappa shape index (κ3) is 3.12. The zero-order valence-corrected chi connectivity index (χ0v) is 13.4. The Morgan fingerprint density at radius 3 is 2.78 bits per heavy atom. The minimum atomic E-state index is -0.881. The summed E-state index contributed by atoms with van der Waals surface area (Å²) in [5.74, 6) is -1.91. The Balaban J connectivity index is 1.98. The van der Waals surface area contributed by atoms with Crippen LogP contribution in [0.25, 0.3) is 10.2 Å². The summed E-state index contributed by atoms with van der Waals surface area (Å²) in [5, 5.41) is 4.80. The first-order chi connectivity index (χ1) is 11.1. The van der Waals surface area contributed by atoms with E-state index in [-0.39, 0.29) is 5.91 Å². The number of thiophene rings is 1. The van der Waals surface area contributed by atoms with Crippen molar-refractivity contribution in [3.63, 3.8) is 0 Å². The molecular formula is C17H16F2N2OS. The molecule has 6 heteroatoms. The molecule has 1 amide bonds. The van der Waals surface area contributed by atoms with Crippen LogP contribution in [0.15, 0.2) is 35.7 Å². The molecular weight excluding hydrogens is 318 g/mol. The van der Waals surface area contributed by atoms with Crippen LogP contribution >= 0.6 is 11.3 Å². The summed E-state index contributed by atoms with van der Waals surface area (Å²) >= 11 is 1.54. The molecule has 3 rings (SSSR count). The number of nitrogens with zero attached hydrogens (tertiary/aromatic N) is 1. The lowest BCUT2D eigenvalue weighted by Crippen LogP contribution is -2.26. The highest BCUT2D eigenvalue weighted by molar-refractivity contribution is 7.17. The zero-order chi connectivity index (χ0) is 16.4. The number of hydrogen-bond donors (Lipinski definition) is 1. The monoisotopic (exact) mass is 334 g/mol. The number of amides is 1. The first-order valence-corrected chi connectivity index (χ1v) is 8.27. The van der Waals surface area contributed by atoms with Gasteiger partial charge < -0.3 is 9.88 Å². The molecule has 0 radical (unpaired) electrons. The van der Waals surface area contributed by atoms with Crippen molar-refractivity contribution in [2.45, 2.75) is 19.9 Å². The van der Waals surface area contributed by atoms with Crippen LogP contribution in [0.2, 0.25) is 0 Å². The van der Waals surface area contributed by atoms with Crippen LogP contribution in [0.3, 0.4) is 0 Å². The number of carbonyl (C=O) groups excluding carboxylic acids is 1. The molecule has 0 unspecified atom stereocenters. The van der Waals surface area contributed by atoms with Crippen molar-refractivity contribution in [1.82, 2.24) is 9.88 Å². The smallest absolute Gasteiger partial charge is 0.267 e. The molecule has 3 nitrogen and oxygen atoms in total. The summed E-state index contributed by atoms with van der Waals surface area (Å²) < 4.78 is 29.3. The van der Waals surface area contributed by atoms with Gasteiger partial charge in [0.2, 0.25) is 0 Å². The van der Waals surface area contributed by atoms with Crippen molar-refractivity contribution in [3.8, 4) is 0 Å². The largest absolute Gasteiger partial charge is 0.351 e. The summed E-state index contributed by atoms with van der Waals surface area (Å²) in [6, 6.07) is 7.57. The number of aromatic nitrogens is 1. The minimum absolute atomic E-state index is 0.155. The molecule has 1 N–H and O–H groups in total. The second kappa shape index (κ2) is 6.50. The Labute approximate surface area is 136 Å². The van der Waals surface area contributed by atoms with Crippen molar-refractivity contribution in [2.24, 2.45) is 0 Å². The number of hydrogen-bond acceptors (Lipinski definition) is 2. The highest BCUT2D eigenvalue weighted by Gasteiger charge is 2.16. The Kier molecular flexibility index (Phi) is 4.43. The fourth-order valence-corrected chi connectivity index (χ4v) is 3.31. The van der Waals surface area contributed by atoms with E-state index >= 15 is 0 Å². The summed E-state index contributed by atoms with van der Waals surface area (Å²) in [6.07, 6.45) is 0.851. The Morgan fingerprint density at radius 1 is 1.22 bits per heavy atom. The molecule has 0 bridgehead atoms. The molecule has 2 aromatic heterocycles. The first-order valence-electron chi connectivity index (χ1n) is 7.39. The van der Waals surface area contributed by atoms with Crippen molar-refractivity contribution in [1.29, 1.82) is 0 Å². The maximum absolute atomic E-state index is 13.4. The average Bonchev–Trinajstić information content (AvgIpc) is 3.11. The van der Waals surface area contributed by atoms with Gasteiger partial charge in [-0.1, -0.05) is 13.0 Å². The standard InChI is InChI=1S/C17H16F2N2OS/c1-2-6-20-17(22)15-9-16-14(5-7-23-16)21(15)10-11-3-4-12(18)13(19)8-11/h3-5,7-9H,2,6,10H2,1H3,(H,20,22). The normalized spacial score (nSPS) is 11.1. The fourth-order valence-electron chi connectivity index (χ4n) is 2.49. The van der Waals surface area contributed by atoms with Gasteiger partial charge in [-0.05, 0) is 41.6 Å². The number of rotatable bonds is 5. The van der Waals surface area contributed by atoms with Crippen molar-refractivity contribution in [2.75, 3.05) is 6.54 Å². The molecule has 1 aromatic carbocycles. The van der Waals surface area contributed by atoms with Gasteiger partial charge in [-0.2, -0.15) is 0 Å². The molecule has 0 aliphatic rings. The van der Waals surface area contributed by atoms with Crippen LogP contribution in [-0.4, -0.2) is 17.0 Å². The third-order valence-corrected chi connectivity index (χ3v) is 4.47. The summed E-state index contributed by atoms with van der Waals surface area (Å²) in [7, 11) is 0. The Morgan fingerprint density at radius 2 is 2.04 bits per heavy atom. The topological polar surface area (TPSA) is 34.0 Å². The van der Waals surface area contributed by atoms with Crippen LogP contribution in [0.4, 0.5) is 8.78 Å². The maximum atomic E-state index is 13.4. The van der Waals surface area contributed by atoms with E-state index in [9.17, 15) is 13.6 Å². The molecule has 120 valence electrons. The van der Waals surface area contributed by atoms with E-state index in [1.54, 1.807) is 11.3 Å². The van der Waals surface area contributed by atoms with E-state index in [1.165, 1.54) is 12.1 Å². The lowest BCUT2D eigenvalue weighted by Gasteiger charge is -2.11. The van der Waals surface area contributed by atoms with Crippen molar-refractivity contribution >= 4 is 27.5 Å². The van der Waals surface area contributed by atoms with E-state index in [1.807, 2.05) is 29.0 Å². The van der Waals surface area contributed by atoms with Gasteiger partial charge in [0.05, 0.1) is 10.2 Å². The van der Waals surface area contributed by atoms with Gasteiger partial charge in [0.25, 0.3) is 5.91 Å². The van der Waals surface area contributed by atoms with Gasteiger partial charge in [-0.3, -0.25) is 4.79 Å². The van der Waals surface area contributed by atoms with E-state index in [0.717, 1.165) is 22.7 Å². The zero-order valence-electron chi connectivity index (χ0n) is 12.6. The molecule has 0 saturated heterocycles. The molecule has 0 fully saturated rings. The highest BCUT2D eigenvalue weighted by atomic mass is 32.1. The Hall–Kier alpha value is -2.21. The number of halogens is 2. The second-order valence-electron chi connectivity index (χ2n) is 5.29. The molecule has 0 aliphatic heterocycles. The predicted octanol–water partition coefficient (Wildman–Crippen LogP) is 4.17. The van der Waals surface area contributed by atoms with Gasteiger partial charge >= 0.3 is 0 Å². The average molecular weight is 334 g/mol. The van der Waals surface area contributed by atoms with Gasteiger partial charge in [-0.15, -0.1) is 11.3 Å². The van der Waals surface area contributed by atoms with E-state index < -0.39 is 11.6 Å². The molecule has 2 heterocycles. The van der Waals surface area contributed by atoms with Gasteiger partial charge in [-0.25, -0.2) is 8.78 Å². The number of benzene rings is 1. The molecule has 3 aromatic rings. The molecule has 0 atom stereocenters. The van der Waals surface area contributed by atoms with Crippen LogP contribution in [0, 0.1) is 11.6 Å². The molecule has 23 heavy (non-hydrogen) atoms. The van der Waals surface area contributed by atoms with E-state index in [4.69, 9.17) is 0 Å². The summed E-state index contributed by atoms with van der Waals surface area (Å²) in [4.78, 5) is 12.3. The minimum Gasteiger partial charge on any atom is -0.351 e. The first kappa shape index (κ1) is 15.7. The maximum Gasteiger partial charge on any atom is 0.267 e. The predicted molar refractivity (Wildman–Crippen MR) is 87.9 cm³/mol. The van der Waals surface area contributed by atoms with Crippen molar-refractivity contribution in [3.05, 3.63) is 58.6 Å². The number of carbonyl (C=O) groups is 1. The quantitative estimate of drug-likeness (QED) is 0.746. The Bertz CT molecular complexity index is 854. The second-order valence-corrected chi connectivity index (χ2v) is 6.24. The lowest BCUT2D eigenvalue weighted by molar-refractivity contribution is 0.0945. The molecule has 0 saturated carbocycles. The highest BCUT2D eigenvalue weighted by Crippen LogP contribution is 2.26. The van der Waals surface area contributed by atoms with Gasteiger partial charge in [0.1, 0.15) is 5.69 Å². The summed E-state index contributed by atoms with van der Waals surface area (Å²) in [6.45, 7) is 2.90. The SMILES string of the molecule is CCCNC(=O)c1cc2sccc2n1Cc1ccc(F)c(F)c1. The number of fused-ring (bicyclic) bond motifs is 1. The van der Waals surface area contributed by atoms with E-state index in [0.29, 0.717) is 24.3 Å². The van der Waals surface area contributed by atoms with Crippen molar-refractivity contribution < 1.29 is 13.6 Å². The van der Waals surface area contributed by atoms with Crippen LogP contribution < -0.4 is 5.32 Å². The van der Waals surface area contributed by atoms with Crippen LogP contribution in [0.5, 0.6) is 0 Å².